The number of para-hydroxylation sites is 1. The van der Waals surface area contributed by atoms with Crippen molar-refractivity contribution in [2.24, 2.45) is 0 Å². The van der Waals surface area contributed by atoms with Gasteiger partial charge in [-0.15, -0.1) is 5.10 Å². The topological polar surface area (TPSA) is 83.5 Å². The summed E-state index contributed by atoms with van der Waals surface area (Å²) in [5, 5.41) is 7.85. The molecule has 0 saturated heterocycles. The van der Waals surface area contributed by atoms with Crippen molar-refractivity contribution in [2.45, 2.75) is 13.5 Å². The number of aromatic nitrogens is 2. The lowest BCUT2D eigenvalue weighted by Gasteiger charge is -2.22. The number of rotatable bonds is 2. The first-order chi connectivity index (χ1) is 11.4. The molecule has 0 saturated carbocycles. The summed E-state index contributed by atoms with van der Waals surface area (Å²) in [4.78, 5) is 14.3. The maximum atomic E-state index is 12.7. The van der Waals surface area contributed by atoms with E-state index in [0.717, 1.165) is 11.3 Å². The van der Waals surface area contributed by atoms with E-state index in [1.54, 1.807) is 36.1 Å². The van der Waals surface area contributed by atoms with Gasteiger partial charge in [-0.3, -0.25) is 9.10 Å². The van der Waals surface area contributed by atoms with E-state index in [0.29, 0.717) is 12.2 Å². The van der Waals surface area contributed by atoms with Crippen molar-refractivity contribution in [3.05, 3.63) is 53.3 Å². The molecule has 1 aromatic carbocycles. The van der Waals surface area contributed by atoms with E-state index >= 15 is 0 Å². The van der Waals surface area contributed by atoms with Gasteiger partial charge in [0.1, 0.15) is 0 Å². The largest absolute Gasteiger partial charge is 0.331 e. The molecular formula is C16H18N4O3S. The van der Waals surface area contributed by atoms with Crippen molar-refractivity contribution in [2.75, 3.05) is 23.7 Å². The van der Waals surface area contributed by atoms with E-state index in [2.05, 4.69) is 10.2 Å². The maximum Gasteiger partial charge on any atom is 0.274 e. The van der Waals surface area contributed by atoms with Crippen LogP contribution < -0.4 is 4.31 Å². The molecule has 7 nitrogen and oxygen atoms in total. The van der Waals surface area contributed by atoms with Gasteiger partial charge in [-0.1, -0.05) is 18.2 Å². The molecule has 2 heterocycles. The lowest BCUT2D eigenvalue weighted by molar-refractivity contribution is 0.0745. The fraction of sp³-hybridized carbons (Fsp3) is 0.312. The third kappa shape index (κ3) is 3.23. The van der Waals surface area contributed by atoms with Gasteiger partial charge in [-0.05, 0) is 30.7 Å². The molecule has 3 rings (SSSR count). The molecule has 1 aliphatic rings. The molecule has 0 unspecified atom stereocenters. The Labute approximate surface area is 141 Å². The van der Waals surface area contributed by atoms with E-state index < -0.39 is 10.0 Å². The maximum absolute atomic E-state index is 12.7. The highest BCUT2D eigenvalue weighted by Gasteiger charge is 2.28. The molecule has 8 heteroatoms. The Morgan fingerprint density at radius 2 is 1.83 bits per heavy atom. The number of hydrogen-bond donors (Lipinski definition) is 0. The van der Waals surface area contributed by atoms with Crippen LogP contribution in [-0.4, -0.2) is 48.8 Å². The van der Waals surface area contributed by atoms with E-state index in [9.17, 15) is 13.2 Å². The third-order valence-electron chi connectivity index (χ3n) is 3.90. The molecule has 0 atom stereocenters. The van der Waals surface area contributed by atoms with Crippen LogP contribution in [0.1, 0.15) is 21.7 Å². The van der Waals surface area contributed by atoms with E-state index in [1.807, 2.05) is 12.1 Å². The van der Waals surface area contributed by atoms with Crippen molar-refractivity contribution in [3.8, 4) is 0 Å². The Morgan fingerprint density at radius 1 is 1.08 bits per heavy atom. The predicted octanol–water partition coefficient (Wildman–Crippen LogP) is 1.21. The van der Waals surface area contributed by atoms with Gasteiger partial charge in [-0.2, -0.15) is 5.10 Å². The molecule has 0 bridgehead atoms. The molecule has 1 aromatic heterocycles. The Morgan fingerprint density at radius 3 is 2.50 bits per heavy atom. The smallest absolute Gasteiger partial charge is 0.274 e. The SMILES string of the molecule is Cc1ccc(C(=O)N2CCN(S(C)(=O)=O)c3ccccc3C2)nn1. The number of fused-ring (bicyclic) bond motifs is 1. The summed E-state index contributed by atoms with van der Waals surface area (Å²) in [6.07, 6.45) is 1.17. The van der Waals surface area contributed by atoms with Gasteiger partial charge in [0.05, 0.1) is 24.2 Å². The second kappa shape index (κ2) is 6.20. The van der Waals surface area contributed by atoms with Gasteiger partial charge in [0.15, 0.2) is 5.69 Å². The number of sulfonamides is 1. The van der Waals surface area contributed by atoms with Crippen LogP contribution in [0.5, 0.6) is 0 Å². The molecule has 0 aliphatic carbocycles. The van der Waals surface area contributed by atoms with Crippen LogP contribution in [0.2, 0.25) is 0 Å². The summed E-state index contributed by atoms with van der Waals surface area (Å²) < 4.78 is 25.5. The highest BCUT2D eigenvalue weighted by Crippen LogP contribution is 2.27. The monoisotopic (exact) mass is 346 g/mol. The van der Waals surface area contributed by atoms with Crippen molar-refractivity contribution in [1.29, 1.82) is 0 Å². The highest BCUT2D eigenvalue weighted by molar-refractivity contribution is 7.92. The first-order valence-corrected chi connectivity index (χ1v) is 9.36. The van der Waals surface area contributed by atoms with Crippen molar-refractivity contribution in [1.82, 2.24) is 15.1 Å². The molecule has 1 aliphatic heterocycles. The Hall–Kier alpha value is -2.48. The number of amides is 1. The normalized spacial score (nSPS) is 14.9. The van der Waals surface area contributed by atoms with Crippen LogP contribution in [0.15, 0.2) is 36.4 Å². The van der Waals surface area contributed by atoms with Crippen LogP contribution >= 0.6 is 0 Å². The Kier molecular flexibility index (Phi) is 4.23. The summed E-state index contributed by atoms with van der Waals surface area (Å²) >= 11 is 0. The van der Waals surface area contributed by atoms with Gasteiger partial charge in [0, 0.05) is 13.1 Å². The average Bonchev–Trinajstić information content (AvgIpc) is 2.74. The number of anilines is 1. The predicted molar refractivity (Wildman–Crippen MR) is 90.1 cm³/mol. The zero-order valence-electron chi connectivity index (χ0n) is 13.5. The molecule has 126 valence electrons. The first kappa shape index (κ1) is 16.4. The lowest BCUT2D eigenvalue weighted by atomic mass is 10.1. The zero-order chi connectivity index (χ0) is 17.3. The molecule has 1 amide bonds. The Bertz CT molecular complexity index is 865. The molecule has 2 aromatic rings. The average molecular weight is 346 g/mol. The van der Waals surface area contributed by atoms with Crippen molar-refractivity contribution in [3.63, 3.8) is 0 Å². The van der Waals surface area contributed by atoms with Gasteiger partial charge in [0.2, 0.25) is 10.0 Å². The van der Waals surface area contributed by atoms with Crippen molar-refractivity contribution < 1.29 is 13.2 Å². The summed E-state index contributed by atoms with van der Waals surface area (Å²) in [5.74, 6) is -0.257. The number of aryl methyl sites for hydroxylation is 1. The number of hydrogen-bond acceptors (Lipinski definition) is 5. The van der Waals surface area contributed by atoms with Crippen LogP contribution in [0.4, 0.5) is 5.69 Å². The van der Waals surface area contributed by atoms with E-state index in [1.165, 1.54) is 10.6 Å². The highest BCUT2D eigenvalue weighted by atomic mass is 32.2. The van der Waals surface area contributed by atoms with E-state index in [4.69, 9.17) is 0 Å². The summed E-state index contributed by atoms with van der Waals surface area (Å²) in [6.45, 7) is 2.63. The van der Waals surface area contributed by atoms with Gasteiger partial charge in [-0.25, -0.2) is 8.42 Å². The Balaban J connectivity index is 1.94. The summed E-state index contributed by atoms with van der Waals surface area (Å²) in [7, 11) is -3.41. The third-order valence-corrected chi connectivity index (χ3v) is 5.08. The number of benzene rings is 1. The molecule has 0 spiro atoms. The molecule has 0 fully saturated rings. The lowest BCUT2D eigenvalue weighted by Crippen LogP contribution is -2.37. The molecule has 24 heavy (non-hydrogen) atoms. The van der Waals surface area contributed by atoms with E-state index in [-0.39, 0.29) is 24.7 Å². The number of carbonyl (C=O) groups excluding carboxylic acids is 1. The second-order valence-corrected chi connectivity index (χ2v) is 7.66. The van der Waals surface area contributed by atoms with Gasteiger partial charge >= 0.3 is 0 Å². The summed E-state index contributed by atoms with van der Waals surface area (Å²) in [6, 6.07) is 10.6. The fourth-order valence-electron chi connectivity index (χ4n) is 2.70. The quantitative estimate of drug-likeness (QED) is 0.816. The number of carbonyl (C=O) groups is 1. The minimum Gasteiger partial charge on any atom is -0.331 e. The van der Waals surface area contributed by atoms with Crippen LogP contribution in [0.3, 0.4) is 0 Å². The van der Waals surface area contributed by atoms with Crippen molar-refractivity contribution >= 4 is 21.6 Å². The molecular weight excluding hydrogens is 328 g/mol. The molecule has 0 radical (unpaired) electrons. The van der Waals surface area contributed by atoms with Crippen LogP contribution in [0.25, 0.3) is 0 Å². The van der Waals surface area contributed by atoms with Gasteiger partial charge < -0.3 is 4.90 Å². The molecule has 0 N–H and O–H groups in total. The standard InChI is InChI=1S/C16H18N4O3S/c1-12-7-8-14(18-17-12)16(21)19-9-10-20(24(2,22)23)15-6-4-3-5-13(15)11-19/h3-8H,9-11H2,1-2H3. The zero-order valence-corrected chi connectivity index (χ0v) is 14.3. The van der Waals surface area contributed by atoms with Crippen LogP contribution in [-0.2, 0) is 16.6 Å². The number of nitrogens with zero attached hydrogens (tertiary/aromatic N) is 4. The fourth-order valence-corrected chi connectivity index (χ4v) is 3.65. The first-order valence-electron chi connectivity index (χ1n) is 7.51. The van der Waals surface area contributed by atoms with Crippen LogP contribution in [0, 0.1) is 6.92 Å². The summed E-state index contributed by atoms with van der Waals surface area (Å²) in [5.41, 5.74) is 2.39. The minimum atomic E-state index is -3.41. The van der Waals surface area contributed by atoms with Gasteiger partial charge in [0.25, 0.3) is 5.91 Å². The second-order valence-electron chi connectivity index (χ2n) is 5.75. The minimum absolute atomic E-state index is 0.209.